The van der Waals surface area contributed by atoms with Crippen LogP contribution in [-0.4, -0.2) is 35.3 Å². The Bertz CT molecular complexity index is 639. The molecule has 0 spiro atoms. The summed E-state index contributed by atoms with van der Waals surface area (Å²) >= 11 is 1.56. The van der Waals surface area contributed by atoms with Crippen molar-refractivity contribution in [1.29, 1.82) is 0 Å². The van der Waals surface area contributed by atoms with Crippen molar-refractivity contribution in [2.75, 3.05) is 6.26 Å². The predicted octanol–water partition coefficient (Wildman–Crippen LogP) is 1.43. The van der Waals surface area contributed by atoms with Crippen molar-refractivity contribution < 1.29 is 22.9 Å². The number of aromatic nitrogens is 1. The second-order valence-corrected chi connectivity index (χ2v) is 5.81. The van der Waals surface area contributed by atoms with Crippen LogP contribution in [0.3, 0.4) is 0 Å². The van der Waals surface area contributed by atoms with Crippen LogP contribution in [0.1, 0.15) is 5.56 Å². The number of rotatable bonds is 2. The molecule has 0 amide bonds. The molecule has 2 rings (SSSR count). The lowest BCUT2D eigenvalue weighted by Gasteiger charge is -1.95. The minimum absolute atomic E-state index is 0.0630. The van der Waals surface area contributed by atoms with E-state index >= 15 is 0 Å². The van der Waals surface area contributed by atoms with Gasteiger partial charge in [0.05, 0.1) is 28.4 Å². The van der Waals surface area contributed by atoms with E-state index in [4.69, 9.17) is 9.66 Å². The molecule has 0 aliphatic heterocycles. The van der Waals surface area contributed by atoms with Crippen LogP contribution >= 0.6 is 11.3 Å². The van der Waals surface area contributed by atoms with Crippen LogP contribution in [0, 0.1) is 0 Å². The molecule has 0 bridgehead atoms. The Labute approximate surface area is 108 Å². The zero-order chi connectivity index (χ0) is 13.8. The zero-order valence-corrected chi connectivity index (χ0v) is 11.0. The van der Waals surface area contributed by atoms with E-state index in [0.29, 0.717) is 6.26 Å². The Hall–Kier alpha value is -1.51. The molecule has 0 aliphatic carbocycles. The van der Waals surface area contributed by atoms with Gasteiger partial charge in [0, 0.05) is 0 Å². The molecule has 0 atom stereocenters. The van der Waals surface area contributed by atoms with Crippen LogP contribution in [-0.2, 0) is 21.3 Å². The molecular formula is C10H11NO5S2. The Morgan fingerprint density at radius 2 is 2.06 bits per heavy atom. The number of carboxylic acids is 1. The third kappa shape index (κ3) is 5.71. The molecule has 18 heavy (non-hydrogen) atoms. The first-order valence-corrected chi connectivity index (χ1v) is 7.45. The number of nitrogens with zero attached hydrogens (tertiary/aromatic N) is 1. The molecule has 0 radical (unpaired) electrons. The number of carbonyl (C=O) groups is 1. The maximum atomic E-state index is 10.4. The fourth-order valence-electron chi connectivity index (χ4n) is 1.19. The van der Waals surface area contributed by atoms with Crippen LogP contribution in [0.25, 0.3) is 10.2 Å². The van der Waals surface area contributed by atoms with E-state index < -0.39 is 16.1 Å². The average molecular weight is 289 g/mol. The fourth-order valence-corrected chi connectivity index (χ4v) is 1.85. The number of thiazole rings is 1. The summed E-state index contributed by atoms with van der Waals surface area (Å²) in [4.78, 5) is 14.5. The van der Waals surface area contributed by atoms with Gasteiger partial charge >= 0.3 is 5.97 Å². The Kier molecular flexibility index (Phi) is 4.76. The fraction of sp³-hybridized carbons (Fsp3) is 0.200. The van der Waals surface area contributed by atoms with Crippen molar-refractivity contribution in [3.63, 3.8) is 0 Å². The molecule has 2 N–H and O–H groups in total. The lowest BCUT2D eigenvalue weighted by atomic mass is 10.1. The van der Waals surface area contributed by atoms with Gasteiger partial charge in [-0.05, 0) is 17.7 Å². The molecule has 1 aromatic heterocycles. The van der Waals surface area contributed by atoms with Crippen LogP contribution in [0.15, 0.2) is 23.7 Å². The van der Waals surface area contributed by atoms with E-state index in [1.54, 1.807) is 16.8 Å². The molecule has 0 unspecified atom stereocenters. The van der Waals surface area contributed by atoms with E-state index in [9.17, 15) is 13.2 Å². The maximum Gasteiger partial charge on any atom is 0.307 e. The first-order chi connectivity index (χ1) is 8.25. The quantitative estimate of drug-likeness (QED) is 0.810. The highest BCUT2D eigenvalue weighted by atomic mass is 32.2. The number of hydrogen-bond acceptors (Lipinski definition) is 5. The summed E-state index contributed by atoms with van der Waals surface area (Å²) in [5.41, 5.74) is 3.43. The van der Waals surface area contributed by atoms with Gasteiger partial charge in [-0.25, -0.2) is 4.98 Å². The van der Waals surface area contributed by atoms with E-state index in [-0.39, 0.29) is 6.42 Å². The highest BCUT2D eigenvalue weighted by Gasteiger charge is 2.02. The summed E-state index contributed by atoms with van der Waals surface area (Å²) in [7, 11) is -3.67. The largest absolute Gasteiger partial charge is 0.481 e. The predicted molar refractivity (Wildman–Crippen MR) is 68.4 cm³/mol. The first-order valence-electron chi connectivity index (χ1n) is 4.72. The van der Waals surface area contributed by atoms with Crippen LogP contribution in [0.5, 0.6) is 0 Å². The number of benzene rings is 1. The van der Waals surface area contributed by atoms with Crippen molar-refractivity contribution in [2.45, 2.75) is 6.42 Å². The first kappa shape index (κ1) is 14.6. The smallest absolute Gasteiger partial charge is 0.307 e. The van der Waals surface area contributed by atoms with Crippen LogP contribution in [0.2, 0.25) is 0 Å². The van der Waals surface area contributed by atoms with Gasteiger partial charge in [0.25, 0.3) is 10.1 Å². The van der Waals surface area contributed by atoms with Gasteiger partial charge in [0.15, 0.2) is 0 Å². The van der Waals surface area contributed by atoms with Gasteiger partial charge in [-0.15, -0.1) is 11.3 Å². The van der Waals surface area contributed by atoms with Crippen molar-refractivity contribution >= 4 is 37.6 Å². The van der Waals surface area contributed by atoms with Crippen molar-refractivity contribution in [2.24, 2.45) is 0 Å². The Balaban J connectivity index is 0.000000280. The van der Waals surface area contributed by atoms with Crippen LogP contribution in [0.4, 0.5) is 0 Å². The Morgan fingerprint density at radius 3 is 2.61 bits per heavy atom. The highest BCUT2D eigenvalue weighted by molar-refractivity contribution is 7.85. The summed E-state index contributed by atoms with van der Waals surface area (Å²) in [6, 6.07) is 5.56. The third-order valence-electron chi connectivity index (χ3n) is 1.75. The maximum absolute atomic E-state index is 10.4. The standard InChI is InChI=1S/C9H7NO2S.CH4O3S/c11-9(12)4-6-1-2-8-7(3-6)10-5-13-8;1-5(2,3)4/h1-3,5H,4H2,(H,11,12);1H3,(H,2,3,4). The molecule has 6 nitrogen and oxygen atoms in total. The summed E-state index contributed by atoms with van der Waals surface area (Å²) < 4.78 is 27.0. The number of aliphatic carboxylic acids is 1. The van der Waals surface area contributed by atoms with E-state index in [2.05, 4.69) is 4.98 Å². The molecular weight excluding hydrogens is 278 g/mol. The van der Waals surface area contributed by atoms with E-state index in [1.165, 1.54) is 0 Å². The second kappa shape index (κ2) is 5.89. The third-order valence-corrected chi connectivity index (χ3v) is 2.56. The second-order valence-electron chi connectivity index (χ2n) is 3.46. The van der Waals surface area contributed by atoms with Gasteiger partial charge < -0.3 is 5.11 Å². The van der Waals surface area contributed by atoms with E-state index in [0.717, 1.165) is 15.8 Å². The summed E-state index contributed by atoms with van der Waals surface area (Å²) in [6.45, 7) is 0. The summed E-state index contributed by atoms with van der Waals surface area (Å²) in [5, 5.41) is 8.57. The van der Waals surface area contributed by atoms with Crippen molar-refractivity contribution in [1.82, 2.24) is 4.98 Å². The van der Waals surface area contributed by atoms with Gasteiger partial charge in [-0.1, -0.05) is 6.07 Å². The molecule has 1 aromatic carbocycles. The van der Waals surface area contributed by atoms with Gasteiger partial charge in [0.1, 0.15) is 0 Å². The molecule has 8 heteroatoms. The molecule has 98 valence electrons. The van der Waals surface area contributed by atoms with Crippen molar-refractivity contribution in [3.8, 4) is 0 Å². The SMILES string of the molecule is CS(=O)(=O)O.O=C(O)Cc1ccc2scnc2c1. The lowest BCUT2D eigenvalue weighted by molar-refractivity contribution is -0.136. The molecule has 1 heterocycles. The minimum Gasteiger partial charge on any atom is -0.481 e. The molecule has 0 aliphatic rings. The monoisotopic (exact) mass is 289 g/mol. The molecule has 2 aromatic rings. The molecule has 0 fully saturated rings. The van der Waals surface area contributed by atoms with Crippen LogP contribution < -0.4 is 0 Å². The number of hydrogen-bond donors (Lipinski definition) is 2. The van der Waals surface area contributed by atoms with Crippen molar-refractivity contribution in [3.05, 3.63) is 29.3 Å². The highest BCUT2D eigenvalue weighted by Crippen LogP contribution is 2.18. The summed E-state index contributed by atoms with van der Waals surface area (Å²) in [6.07, 6.45) is 0.778. The van der Waals surface area contributed by atoms with E-state index in [1.807, 2.05) is 18.2 Å². The summed E-state index contributed by atoms with van der Waals surface area (Å²) in [5.74, 6) is -0.811. The lowest BCUT2D eigenvalue weighted by Crippen LogP contribution is -1.99. The van der Waals surface area contributed by atoms with Gasteiger partial charge in [0.2, 0.25) is 0 Å². The van der Waals surface area contributed by atoms with Gasteiger partial charge in [-0.3, -0.25) is 9.35 Å². The average Bonchev–Trinajstić information content (AvgIpc) is 2.60. The normalized spacial score (nSPS) is 10.8. The van der Waals surface area contributed by atoms with Gasteiger partial charge in [-0.2, -0.15) is 8.42 Å². The number of fused-ring (bicyclic) bond motifs is 1. The Morgan fingerprint density at radius 1 is 1.44 bits per heavy atom. The number of carboxylic acid groups (broad SMARTS) is 1. The minimum atomic E-state index is -3.67. The molecule has 0 saturated carbocycles. The molecule has 0 saturated heterocycles. The topological polar surface area (TPSA) is 105 Å². The zero-order valence-electron chi connectivity index (χ0n) is 9.40.